The van der Waals surface area contributed by atoms with Crippen LogP contribution in [0, 0.1) is 6.92 Å². The molecule has 0 unspecified atom stereocenters. The molecule has 1 aliphatic rings. The van der Waals surface area contributed by atoms with Gasteiger partial charge in [0.15, 0.2) is 0 Å². The number of hydrogen-bond acceptors (Lipinski definition) is 4. The zero-order valence-electron chi connectivity index (χ0n) is 15.6. The maximum atomic E-state index is 12.0. The number of amides is 2. The van der Waals surface area contributed by atoms with E-state index in [-0.39, 0.29) is 11.8 Å². The molecule has 0 atom stereocenters. The smallest absolute Gasteiger partial charge is 0.269 e. The van der Waals surface area contributed by atoms with Crippen molar-refractivity contribution in [3.05, 3.63) is 65.7 Å². The molecule has 0 saturated carbocycles. The number of nitrogens with zero attached hydrogens (tertiary/aromatic N) is 2. The Morgan fingerprint density at radius 2 is 1.67 bits per heavy atom. The van der Waals surface area contributed by atoms with Gasteiger partial charge in [-0.15, -0.1) is 0 Å². The lowest BCUT2D eigenvalue weighted by Crippen LogP contribution is -2.48. The minimum atomic E-state index is -0.302. The summed E-state index contributed by atoms with van der Waals surface area (Å²) >= 11 is 0. The lowest BCUT2D eigenvalue weighted by atomic mass is 10.1. The van der Waals surface area contributed by atoms with E-state index in [4.69, 9.17) is 0 Å². The molecule has 6 heteroatoms. The molecule has 1 saturated heterocycles. The first-order valence-electron chi connectivity index (χ1n) is 9.30. The van der Waals surface area contributed by atoms with Crippen molar-refractivity contribution in [1.29, 1.82) is 0 Å². The second kappa shape index (κ2) is 9.19. The van der Waals surface area contributed by atoms with Gasteiger partial charge in [-0.25, -0.2) is 0 Å². The molecule has 0 aliphatic carbocycles. The summed E-state index contributed by atoms with van der Waals surface area (Å²) in [5.74, 6) is -0.481. The van der Waals surface area contributed by atoms with E-state index in [9.17, 15) is 9.59 Å². The predicted octanol–water partition coefficient (Wildman–Crippen LogP) is 1.97. The summed E-state index contributed by atoms with van der Waals surface area (Å²) in [6.45, 7) is 6.38. The van der Waals surface area contributed by atoms with Crippen LogP contribution >= 0.6 is 0 Å². The number of benzene rings is 2. The van der Waals surface area contributed by atoms with E-state index in [1.165, 1.54) is 5.69 Å². The minimum absolute atomic E-state index is 0.179. The van der Waals surface area contributed by atoms with Crippen LogP contribution < -0.4 is 15.8 Å². The summed E-state index contributed by atoms with van der Waals surface area (Å²) in [5.41, 5.74) is 7.76. The number of para-hydroxylation sites is 1. The van der Waals surface area contributed by atoms with Crippen LogP contribution in [-0.2, 0) is 4.79 Å². The molecule has 2 amide bonds. The van der Waals surface area contributed by atoms with Gasteiger partial charge in [-0.1, -0.05) is 35.9 Å². The Balaban J connectivity index is 1.36. The normalized spacial score (nSPS) is 14.6. The second-order valence-electron chi connectivity index (χ2n) is 6.79. The van der Waals surface area contributed by atoms with Crippen molar-refractivity contribution in [1.82, 2.24) is 15.8 Å². The number of carbonyl (C=O) groups excluding carboxylic acids is 2. The van der Waals surface area contributed by atoms with Crippen LogP contribution in [0.15, 0.2) is 54.6 Å². The molecule has 2 aromatic rings. The second-order valence-corrected chi connectivity index (χ2v) is 6.79. The van der Waals surface area contributed by atoms with E-state index in [0.29, 0.717) is 18.5 Å². The van der Waals surface area contributed by atoms with Gasteiger partial charge >= 0.3 is 0 Å². The van der Waals surface area contributed by atoms with E-state index in [1.807, 2.05) is 25.1 Å². The molecule has 2 aromatic carbocycles. The third kappa shape index (κ3) is 5.56. The molecule has 0 radical (unpaired) electrons. The summed E-state index contributed by atoms with van der Waals surface area (Å²) < 4.78 is 0. The number of anilines is 1. The van der Waals surface area contributed by atoms with Crippen molar-refractivity contribution < 1.29 is 9.59 Å². The maximum absolute atomic E-state index is 12.0. The largest absolute Gasteiger partial charge is 0.369 e. The Hall–Kier alpha value is -2.86. The fourth-order valence-electron chi connectivity index (χ4n) is 3.18. The van der Waals surface area contributed by atoms with Crippen molar-refractivity contribution in [3.63, 3.8) is 0 Å². The first-order valence-corrected chi connectivity index (χ1v) is 9.30. The lowest BCUT2D eigenvalue weighted by molar-refractivity contribution is -0.122. The molecule has 27 heavy (non-hydrogen) atoms. The molecular weight excluding hydrogens is 340 g/mol. The van der Waals surface area contributed by atoms with Crippen LogP contribution in [0.3, 0.4) is 0 Å². The van der Waals surface area contributed by atoms with Crippen molar-refractivity contribution in [2.45, 2.75) is 13.3 Å². The topological polar surface area (TPSA) is 64.7 Å². The van der Waals surface area contributed by atoms with Crippen LogP contribution in [0.1, 0.15) is 22.3 Å². The SMILES string of the molecule is Cc1cccc(C(=O)NNC(=O)CCN2CCN(c3ccccc3)CC2)c1. The van der Waals surface area contributed by atoms with Gasteiger partial charge in [-0.3, -0.25) is 25.3 Å². The quantitative estimate of drug-likeness (QED) is 0.794. The van der Waals surface area contributed by atoms with Crippen molar-refractivity contribution >= 4 is 17.5 Å². The zero-order chi connectivity index (χ0) is 19.1. The van der Waals surface area contributed by atoms with E-state index in [0.717, 1.165) is 31.7 Å². The summed E-state index contributed by atoms with van der Waals surface area (Å²) in [5, 5.41) is 0. The van der Waals surface area contributed by atoms with Gasteiger partial charge < -0.3 is 4.90 Å². The number of carbonyl (C=O) groups is 2. The Kier molecular flexibility index (Phi) is 6.44. The number of aryl methyl sites for hydroxylation is 1. The van der Waals surface area contributed by atoms with Gasteiger partial charge in [0.2, 0.25) is 5.91 Å². The molecule has 142 valence electrons. The highest BCUT2D eigenvalue weighted by Gasteiger charge is 2.17. The van der Waals surface area contributed by atoms with E-state index in [1.54, 1.807) is 12.1 Å². The van der Waals surface area contributed by atoms with Crippen molar-refractivity contribution in [2.75, 3.05) is 37.6 Å². The predicted molar refractivity (Wildman–Crippen MR) is 106 cm³/mol. The Morgan fingerprint density at radius 3 is 2.37 bits per heavy atom. The summed E-state index contributed by atoms with van der Waals surface area (Å²) in [6, 6.07) is 17.6. The number of hydrogen-bond donors (Lipinski definition) is 2. The Morgan fingerprint density at radius 1 is 0.926 bits per heavy atom. The van der Waals surface area contributed by atoms with Crippen LogP contribution in [0.2, 0.25) is 0 Å². The molecule has 1 heterocycles. The van der Waals surface area contributed by atoms with Crippen LogP contribution in [-0.4, -0.2) is 49.4 Å². The minimum Gasteiger partial charge on any atom is -0.369 e. The highest BCUT2D eigenvalue weighted by Crippen LogP contribution is 2.15. The van der Waals surface area contributed by atoms with Crippen LogP contribution in [0.4, 0.5) is 5.69 Å². The first-order chi connectivity index (χ1) is 13.1. The third-order valence-corrected chi connectivity index (χ3v) is 4.74. The average Bonchev–Trinajstić information content (AvgIpc) is 2.71. The van der Waals surface area contributed by atoms with E-state index >= 15 is 0 Å². The fourth-order valence-corrected chi connectivity index (χ4v) is 3.18. The first kappa shape index (κ1) is 18.9. The molecular formula is C21H26N4O2. The fraction of sp³-hybridized carbons (Fsp3) is 0.333. The van der Waals surface area contributed by atoms with Crippen LogP contribution in [0.25, 0.3) is 0 Å². The zero-order valence-corrected chi connectivity index (χ0v) is 15.6. The monoisotopic (exact) mass is 366 g/mol. The number of nitrogens with one attached hydrogen (secondary N) is 2. The van der Waals surface area contributed by atoms with E-state index in [2.05, 4.69) is 44.9 Å². The lowest BCUT2D eigenvalue weighted by Gasteiger charge is -2.36. The molecule has 6 nitrogen and oxygen atoms in total. The molecule has 1 aliphatic heterocycles. The molecule has 3 rings (SSSR count). The molecule has 2 N–H and O–H groups in total. The average molecular weight is 366 g/mol. The number of rotatable bonds is 5. The third-order valence-electron chi connectivity index (χ3n) is 4.74. The van der Waals surface area contributed by atoms with Gasteiger partial charge in [0.05, 0.1) is 0 Å². The van der Waals surface area contributed by atoms with Gasteiger partial charge in [0.25, 0.3) is 5.91 Å². The maximum Gasteiger partial charge on any atom is 0.269 e. The Bertz CT molecular complexity index is 771. The van der Waals surface area contributed by atoms with Crippen molar-refractivity contribution in [2.24, 2.45) is 0 Å². The van der Waals surface area contributed by atoms with Gasteiger partial charge in [0.1, 0.15) is 0 Å². The molecule has 1 fully saturated rings. The number of piperazine rings is 1. The highest BCUT2D eigenvalue weighted by atomic mass is 16.2. The standard InChI is InChI=1S/C21H26N4O2/c1-17-6-5-7-18(16-17)21(27)23-22-20(26)10-11-24-12-14-25(15-13-24)19-8-3-2-4-9-19/h2-9,16H,10-15H2,1H3,(H,22,26)(H,23,27). The highest BCUT2D eigenvalue weighted by molar-refractivity contribution is 5.95. The van der Waals surface area contributed by atoms with Gasteiger partial charge in [-0.2, -0.15) is 0 Å². The van der Waals surface area contributed by atoms with E-state index < -0.39 is 0 Å². The van der Waals surface area contributed by atoms with Gasteiger partial charge in [0, 0.05) is 50.4 Å². The molecule has 0 spiro atoms. The van der Waals surface area contributed by atoms with Crippen molar-refractivity contribution in [3.8, 4) is 0 Å². The molecule has 0 bridgehead atoms. The van der Waals surface area contributed by atoms with Crippen LogP contribution in [0.5, 0.6) is 0 Å². The number of hydrazine groups is 1. The Labute approximate surface area is 160 Å². The molecule has 0 aromatic heterocycles. The summed E-state index contributed by atoms with van der Waals surface area (Å²) in [6.07, 6.45) is 0.361. The summed E-state index contributed by atoms with van der Waals surface area (Å²) in [4.78, 5) is 28.7. The van der Waals surface area contributed by atoms with Gasteiger partial charge in [-0.05, 0) is 31.2 Å². The summed E-state index contributed by atoms with van der Waals surface area (Å²) in [7, 11) is 0.